The smallest absolute Gasteiger partial charge is 0.276 e. The Morgan fingerprint density at radius 3 is 2.71 bits per heavy atom. The first-order chi connectivity index (χ1) is 11.5. The highest BCUT2D eigenvalue weighted by molar-refractivity contribution is 9.11. The summed E-state index contributed by atoms with van der Waals surface area (Å²) in [5.41, 5.74) is 3.92. The highest BCUT2D eigenvalue weighted by Crippen LogP contribution is 2.30. The summed E-state index contributed by atoms with van der Waals surface area (Å²) in [7, 11) is 0. The van der Waals surface area contributed by atoms with Crippen molar-refractivity contribution in [1.82, 2.24) is 15.6 Å². The number of hydrazone groups is 1. The molecule has 0 spiro atoms. The molecule has 3 aromatic rings. The van der Waals surface area contributed by atoms with E-state index in [0.29, 0.717) is 15.6 Å². The van der Waals surface area contributed by atoms with Crippen LogP contribution in [0.2, 0.25) is 10.0 Å². The van der Waals surface area contributed by atoms with Crippen LogP contribution in [0.5, 0.6) is 0 Å². The van der Waals surface area contributed by atoms with E-state index >= 15 is 0 Å². The summed E-state index contributed by atoms with van der Waals surface area (Å²) < 4.78 is 0.999. The largest absolute Gasteiger partial charge is 0.291 e. The Balaban J connectivity index is 1.70. The molecule has 0 aliphatic heterocycles. The number of benzene rings is 1. The molecule has 122 valence electrons. The third-order valence-electron chi connectivity index (χ3n) is 3.01. The molecular weight excluding hydrogens is 435 g/mol. The number of thiophene rings is 1. The number of carbonyl (C=O) groups excluding carboxylic acids is 1. The summed E-state index contributed by atoms with van der Waals surface area (Å²) in [5.74, 6) is -0.437. The number of aromatic amines is 1. The molecule has 0 unspecified atom stereocenters. The molecule has 1 aromatic carbocycles. The molecule has 3 rings (SSSR count). The Bertz CT molecular complexity index is 902. The SMILES string of the molecule is O=C(NN=Cc1c(Cl)cccc1Cl)c1cc(-c2ccc(Br)s2)[nH]n1. The maximum Gasteiger partial charge on any atom is 0.291 e. The zero-order valence-corrected chi connectivity index (χ0v) is 15.8. The predicted molar refractivity (Wildman–Crippen MR) is 101 cm³/mol. The van der Waals surface area contributed by atoms with Crippen LogP contribution < -0.4 is 5.43 Å². The number of nitrogens with one attached hydrogen (secondary N) is 2. The van der Waals surface area contributed by atoms with E-state index < -0.39 is 5.91 Å². The zero-order valence-electron chi connectivity index (χ0n) is 11.9. The molecule has 0 fully saturated rings. The van der Waals surface area contributed by atoms with Crippen molar-refractivity contribution < 1.29 is 4.79 Å². The van der Waals surface area contributed by atoms with Gasteiger partial charge in [0.1, 0.15) is 0 Å². The Morgan fingerprint density at radius 2 is 2.04 bits per heavy atom. The van der Waals surface area contributed by atoms with Crippen LogP contribution in [0.25, 0.3) is 10.6 Å². The molecule has 0 bridgehead atoms. The van der Waals surface area contributed by atoms with Crippen LogP contribution in [-0.4, -0.2) is 22.3 Å². The van der Waals surface area contributed by atoms with E-state index in [9.17, 15) is 4.79 Å². The van der Waals surface area contributed by atoms with Crippen molar-refractivity contribution >= 4 is 62.6 Å². The standard InChI is InChI=1S/C15H9BrCl2N4OS/c16-14-5-4-13(24-14)11-6-12(21-20-11)15(23)22-19-7-8-9(17)2-1-3-10(8)18/h1-7H,(H,20,21)(H,22,23). The minimum Gasteiger partial charge on any atom is -0.276 e. The van der Waals surface area contributed by atoms with Crippen molar-refractivity contribution in [1.29, 1.82) is 0 Å². The molecule has 5 nitrogen and oxygen atoms in total. The Morgan fingerprint density at radius 1 is 1.29 bits per heavy atom. The number of rotatable bonds is 4. The first kappa shape index (κ1) is 17.2. The van der Waals surface area contributed by atoms with Crippen molar-refractivity contribution in [2.45, 2.75) is 0 Å². The number of hydrogen-bond donors (Lipinski definition) is 2. The van der Waals surface area contributed by atoms with Crippen molar-refractivity contribution in [2.75, 3.05) is 0 Å². The number of carbonyl (C=O) groups is 1. The number of hydrogen-bond acceptors (Lipinski definition) is 4. The Hall–Kier alpha value is -1.67. The zero-order chi connectivity index (χ0) is 17.1. The maximum atomic E-state index is 12.1. The second-order valence-corrected chi connectivity index (χ2v) is 7.88. The molecule has 2 N–H and O–H groups in total. The average Bonchev–Trinajstić information content (AvgIpc) is 3.19. The fourth-order valence-electron chi connectivity index (χ4n) is 1.87. The number of halogens is 3. The fraction of sp³-hybridized carbons (Fsp3) is 0. The number of amides is 1. The molecule has 0 saturated heterocycles. The third kappa shape index (κ3) is 3.87. The van der Waals surface area contributed by atoms with Crippen molar-refractivity contribution in [2.24, 2.45) is 5.10 Å². The summed E-state index contributed by atoms with van der Waals surface area (Å²) in [6, 6.07) is 10.6. The van der Waals surface area contributed by atoms with Gasteiger partial charge in [-0.3, -0.25) is 9.89 Å². The number of nitrogens with zero attached hydrogens (tertiary/aromatic N) is 2. The van der Waals surface area contributed by atoms with Gasteiger partial charge in [-0.15, -0.1) is 11.3 Å². The second kappa shape index (κ2) is 7.48. The third-order valence-corrected chi connectivity index (χ3v) is 5.32. The summed E-state index contributed by atoms with van der Waals surface area (Å²) >= 11 is 17.0. The quantitative estimate of drug-likeness (QED) is 0.441. The molecule has 24 heavy (non-hydrogen) atoms. The van der Waals surface area contributed by atoms with E-state index in [1.165, 1.54) is 17.6 Å². The van der Waals surface area contributed by atoms with Crippen LogP contribution in [-0.2, 0) is 0 Å². The lowest BCUT2D eigenvalue weighted by Gasteiger charge is -2.00. The fourth-order valence-corrected chi connectivity index (χ4v) is 3.72. The summed E-state index contributed by atoms with van der Waals surface area (Å²) in [6.07, 6.45) is 1.40. The molecule has 0 aliphatic rings. The lowest BCUT2D eigenvalue weighted by Crippen LogP contribution is -2.18. The van der Waals surface area contributed by atoms with Gasteiger partial charge in [0.25, 0.3) is 5.91 Å². The van der Waals surface area contributed by atoms with Crippen LogP contribution in [0.3, 0.4) is 0 Å². The van der Waals surface area contributed by atoms with Gasteiger partial charge in [0.15, 0.2) is 5.69 Å². The van der Waals surface area contributed by atoms with Crippen LogP contribution in [0, 0.1) is 0 Å². The monoisotopic (exact) mass is 442 g/mol. The van der Waals surface area contributed by atoms with E-state index in [-0.39, 0.29) is 5.69 Å². The first-order valence-corrected chi connectivity index (χ1v) is 8.99. The van der Waals surface area contributed by atoms with E-state index in [1.807, 2.05) is 12.1 Å². The van der Waals surface area contributed by atoms with Crippen molar-refractivity contribution in [3.8, 4) is 10.6 Å². The highest BCUT2D eigenvalue weighted by atomic mass is 79.9. The normalized spacial score (nSPS) is 11.1. The summed E-state index contributed by atoms with van der Waals surface area (Å²) in [5, 5.41) is 11.6. The van der Waals surface area contributed by atoms with Gasteiger partial charge in [-0.2, -0.15) is 10.2 Å². The van der Waals surface area contributed by atoms with Crippen molar-refractivity contribution in [3.63, 3.8) is 0 Å². The molecule has 2 aromatic heterocycles. The minimum atomic E-state index is -0.437. The van der Waals surface area contributed by atoms with Gasteiger partial charge in [0.05, 0.1) is 30.6 Å². The molecule has 0 aliphatic carbocycles. The van der Waals surface area contributed by atoms with E-state index in [1.54, 1.807) is 24.3 Å². The number of aromatic nitrogens is 2. The molecular formula is C15H9BrCl2N4OS. The molecule has 0 saturated carbocycles. The van der Waals surface area contributed by atoms with E-state index in [0.717, 1.165) is 14.4 Å². The van der Waals surface area contributed by atoms with E-state index in [4.69, 9.17) is 23.2 Å². The number of H-pyrrole nitrogens is 1. The van der Waals surface area contributed by atoms with Gasteiger partial charge in [-0.05, 0) is 46.3 Å². The topological polar surface area (TPSA) is 70.1 Å². The lowest BCUT2D eigenvalue weighted by atomic mass is 10.2. The molecule has 2 heterocycles. The van der Waals surface area contributed by atoms with Gasteiger partial charge < -0.3 is 0 Å². The summed E-state index contributed by atoms with van der Waals surface area (Å²) in [4.78, 5) is 13.0. The lowest BCUT2D eigenvalue weighted by molar-refractivity contribution is 0.0950. The predicted octanol–water partition coefficient (Wildman–Crippen LogP) is 4.97. The van der Waals surface area contributed by atoms with E-state index in [2.05, 4.69) is 36.7 Å². The Kier molecular flexibility index (Phi) is 5.35. The molecule has 0 radical (unpaired) electrons. The summed E-state index contributed by atoms with van der Waals surface area (Å²) in [6.45, 7) is 0. The van der Waals surface area contributed by atoms with Crippen LogP contribution >= 0.6 is 50.5 Å². The minimum absolute atomic E-state index is 0.233. The van der Waals surface area contributed by atoms with Crippen LogP contribution in [0.15, 0.2) is 45.3 Å². The van der Waals surface area contributed by atoms with Crippen LogP contribution in [0.1, 0.15) is 16.1 Å². The first-order valence-electron chi connectivity index (χ1n) is 6.63. The van der Waals surface area contributed by atoms with Gasteiger partial charge in [0, 0.05) is 5.56 Å². The average molecular weight is 444 g/mol. The second-order valence-electron chi connectivity index (χ2n) is 4.61. The highest BCUT2D eigenvalue weighted by Gasteiger charge is 2.12. The van der Waals surface area contributed by atoms with Gasteiger partial charge >= 0.3 is 0 Å². The maximum absolute atomic E-state index is 12.1. The Labute approximate surface area is 159 Å². The van der Waals surface area contributed by atoms with Gasteiger partial charge in [-0.1, -0.05) is 29.3 Å². The van der Waals surface area contributed by atoms with Gasteiger partial charge in [-0.25, -0.2) is 5.43 Å². The molecule has 9 heteroatoms. The molecule has 1 amide bonds. The van der Waals surface area contributed by atoms with Gasteiger partial charge in [0.2, 0.25) is 0 Å². The van der Waals surface area contributed by atoms with Crippen LogP contribution in [0.4, 0.5) is 0 Å². The van der Waals surface area contributed by atoms with Crippen molar-refractivity contribution in [3.05, 3.63) is 61.5 Å². The molecule has 0 atom stereocenters.